The van der Waals surface area contributed by atoms with Gasteiger partial charge in [-0.3, -0.25) is 0 Å². The van der Waals surface area contributed by atoms with Crippen molar-refractivity contribution in [3.05, 3.63) is 131 Å². The fourth-order valence-electron chi connectivity index (χ4n) is 5.84. The Bertz CT molecular complexity index is 2210. The first-order valence-corrected chi connectivity index (χ1v) is 20.9. The number of esters is 4. The monoisotopic (exact) mass is 926 g/mol. The molecule has 0 amide bonds. The first-order chi connectivity index (χ1) is 32.4. The molecule has 0 aliphatic heterocycles. The third-order valence-corrected chi connectivity index (χ3v) is 9.09. The van der Waals surface area contributed by atoms with Crippen LogP contribution in [0.2, 0.25) is 0 Å². The van der Waals surface area contributed by atoms with E-state index in [9.17, 15) is 28.8 Å². The zero-order valence-electron chi connectivity index (χ0n) is 37.0. The highest BCUT2D eigenvalue weighted by Crippen LogP contribution is 2.40. The molecule has 354 valence electrons. The summed E-state index contributed by atoms with van der Waals surface area (Å²) in [5.74, 6) is -1.23. The second-order valence-electron chi connectivity index (χ2n) is 14.3. The normalized spacial score (nSPS) is 11.0. The van der Waals surface area contributed by atoms with Crippen molar-refractivity contribution in [3.8, 4) is 34.1 Å². The number of fused-ring (bicyclic) bond motifs is 3. The van der Waals surface area contributed by atoms with E-state index in [0.29, 0.717) is 29.1 Å². The van der Waals surface area contributed by atoms with Gasteiger partial charge in [0.25, 0.3) is 0 Å². The number of hydrogen-bond donors (Lipinski definition) is 0. The maximum absolute atomic E-state index is 13.0. The SMILES string of the molecule is C=C(C)C(=O)OCCOCCOCCOC(=O)Oc1ccc(C(=O)Oc2ccc3c(c2)Cc2cc(OC(=O)c4ccc(OC(=O)OCCOCCOCCOC(=O)C(=C)C)cc4)ccc2-3)cc1. The molecule has 67 heavy (non-hydrogen) atoms. The summed E-state index contributed by atoms with van der Waals surface area (Å²) in [6.07, 6.45) is -1.39. The Morgan fingerprint density at radius 3 is 1.06 bits per heavy atom. The van der Waals surface area contributed by atoms with Crippen LogP contribution >= 0.6 is 0 Å². The molecule has 0 fully saturated rings. The number of ether oxygens (including phenoxy) is 12. The molecule has 0 heterocycles. The molecule has 0 N–H and O–H groups in total. The molecule has 0 saturated heterocycles. The molecule has 0 spiro atoms. The summed E-state index contributed by atoms with van der Waals surface area (Å²) in [5.41, 5.74) is 4.77. The van der Waals surface area contributed by atoms with Crippen LogP contribution in [0.3, 0.4) is 0 Å². The van der Waals surface area contributed by atoms with Gasteiger partial charge in [0.15, 0.2) is 0 Å². The molecule has 0 aromatic heterocycles. The molecule has 0 bridgehead atoms. The maximum atomic E-state index is 13.0. The molecule has 0 unspecified atom stereocenters. The Balaban J connectivity index is 0.963. The average molecular weight is 927 g/mol. The predicted molar refractivity (Wildman–Crippen MR) is 236 cm³/mol. The molecule has 4 aromatic rings. The zero-order chi connectivity index (χ0) is 48.0. The summed E-state index contributed by atoms with van der Waals surface area (Å²) in [6.45, 7) is 11.8. The van der Waals surface area contributed by atoms with Gasteiger partial charge in [0.1, 0.15) is 49.4 Å². The summed E-state index contributed by atoms with van der Waals surface area (Å²) in [4.78, 5) is 72.7. The third-order valence-electron chi connectivity index (χ3n) is 9.09. The predicted octanol–water partition coefficient (Wildman–Crippen LogP) is 7.03. The van der Waals surface area contributed by atoms with E-state index in [-0.39, 0.29) is 102 Å². The smallest absolute Gasteiger partial charge is 0.460 e. The van der Waals surface area contributed by atoms with Crippen molar-refractivity contribution in [2.24, 2.45) is 0 Å². The van der Waals surface area contributed by atoms with Crippen molar-refractivity contribution in [1.29, 1.82) is 0 Å². The minimum Gasteiger partial charge on any atom is -0.460 e. The van der Waals surface area contributed by atoms with Gasteiger partial charge < -0.3 is 56.8 Å². The van der Waals surface area contributed by atoms with Crippen molar-refractivity contribution in [2.75, 3.05) is 79.3 Å². The van der Waals surface area contributed by atoms with Crippen molar-refractivity contribution in [2.45, 2.75) is 20.3 Å². The van der Waals surface area contributed by atoms with E-state index in [4.69, 9.17) is 56.8 Å². The van der Waals surface area contributed by atoms with Gasteiger partial charge in [-0.2, -0.15) is 0 Å². The largest absolute Gasteiger partial charge is 0.513 e. The van der Waals surface area contributed by atoms with Gasteiger partial charge in [0, 0.05) is 11.1 Å². The van der Waals surface area contributed by atoms with Crippen LogP contribution in [0.1, 0.15) is 45.7 Å². The summed E-state index contributed by atoms with van der Waals surface area (Å²) in [7, 11) is 0. The zero-order valence-corrected chi connectivity index (χ0v) is 37.0. The lowest BCUT2D eigenvalue weighted by atomic mass is 10.1. The van der Waals surface area contributed by atoms with Gasteiger partial charge in [-0.15, -0.1) is 0 Å². The molecule has 0 saturated carbocycles. The average Bonchev–Trinajstić information content (AvgIpc) is 3.67. The Morgan fingerprint density at radius 2 is 0.716 bits per heavy atom. The lowest BCUT2D eigenvalue weighted by Crippen LogP contribution is -2.16. The van der Waals surface area contributed by atoms with Crippen molar-refractivity contribution in [3.63, 3.8) is 0 Å². The van der Waals surface area contributed by atoms with E-state index in [1.165, 1.54) is 48.5 Å². The number of hydrogen-bond acceptors (Lipinski definition) is 18. The quantitative estimate of drug-likeness (QED) is 0.0136. The Morgan fingerprint density at radius 1 is 0.403 bits per heavy atom. The van der Waals surface area contributed by atoms with Crippen molar-refractivity contribution in [1.82, 2.24) is 0 Å². The van der Waals surface area contributed by atoms with E-state index >= 15 is 0 Å². The van der Waals surface area contributed by atoms with Crippen LogP contribution in [-0.2, 0) is 53.9 Å². The summed E-state index contributed by atoms with van der Waals surface area (Å²) < 4.78 is 62.6. The molecular formula is C49H50O18. The van der Waals surface area contributed by atoms with Gasteiger partial charge in [0.2, 0.25) is 0 Å². The molecule has 0 atom stereocenters. The standard InChI is InChI=1S/C49H50O18/c1-32(2)44(50)60-25-21-56-17-19-58-23-27-62-48(54)66-38-9-5-34(6-10-38)46(52)64-40-13-15-42-36(30-40)29-37-31-41(14-16-43(37)42)65-47(53)35-7-11-39(12-8-35)67-49(55)63-28-24-59-20-18-57-22-26-61-45(51)33(3)4/h5-16,30-31H,1,3,17-29H2,2,4H3. The first-order valence-electron chi connectivity index (χ1n) is 20.9. The van der Waals surface area contributed by atoms with Crippen LogP contribution in [-0.4, -0.2) is 115 Å². The van der Waals surface area contributed by atoms with E-state index in [2.05, 4.69) is 13.2 Å². The molecule has 0 radical (unpaired) electrons. The fourth-order valence-corrected chi connectivity index (χ4v) is 5.84. The number of benzene rings is 4. The summed E-state index contributed by atoms with van der Waals surface area (Å²) >= 11 is 0. The molecule has 18 nitrogen and oxygen atoms in total. The Hall–Kier alpha value is -7.38. The lowest BCUT2D eigenvalue weighted by molar-refractivity contribution is -0.141. The number of carbonyl (C=O) groups is 6. The van der Waals surface area contributed by atoms with E-state index < -0.39 is 36.2 Å². The second kappa shape index (κ2) is 26.5. The second-order valence-corrected chi connectivity index (χ2v) is 14.3. The first kappa shape index (κ1) is 50.6. The molecule has 1 aliphatic carbocycles. The number of carbonyl (C=O) groups excluding carboxylic acids is 6. The van der Waals surface area contributed by atoms with Crippen molar-refractivity contribution < 1.29 is 85.6 Å². The third kappa shape index (κ3) is 17.2. The van der Waals surface area contributed by atoms with E-state index in [0.717, 1.165) is 22.3 Å². The minimum absolute atomic E-state index is 0.0594. The summed E-state index contributed by atoms with van der Waals surface area (Å²) in [5, 5.41) is 0. The highest BCUT2D eigenvalue weighted by atomic mass is 16.7. The summed E-state index contributed by atoms with van der Waals surface area (Å²) in [6, 6.07) is 22.2. The molecule has 5 rings (SSSR count). The maximum Gasteiger partial charge on any atom is 0.513 e. The molecule has 1 aliphatic rings. The minimum atomic E-state index is -0.947. The van der Waals surface area contributed by atoms with Gasteiger partial charge in [-0.25, -0.2) is 28.8 Å². The molecular weight excluding hydrogens is 877 g/mol. The van der Waals surface area contributed by atoms with Crippen LogP contribution < -0.4 is 18.9 Å². The molecule has 18 heteroatoms. The van der Waals surface area contributed by atoms with E-state index in [1.807, 2.05) is 12.1 Å². The number of rotatable bonds is 26. The molecule has 4 aromatic carbocycles. The van der Waals surface area contributed by atoms with Gasteiger partial charge in [-0.05, 0) is 115 Å². The Kier molecular flexibility index (Phi) is 20.1. The van der Waals surface area contributed by atoms with Gasteiger partial charge in [-0.1, -0.05) is 25.3 Å². The highest BCUT2D eigenvalue weighted by Gasteiger charge is 2.22. The highest BCUT2D eigenvalue weighted by molar-refractivity contribution is 5.92. The van der Waals surface area contributed by atoms with Crippen LogP contribution in [0.15, 0.2) is 109 Å². The van der Waals surface area contributed by atoms with E-state index in [1.54, 1.807) is 38.1 Å². The van der Waals surface area contributed by atoms with Gasteiger partial charge in [0.05, 0.1) is 64.0 Å². The van der Waals surface area contributed by atoms with Crippen LogP contribution in [0.4, 0.5) is 9.59 Å². The topological polar surface area (TPSA) is 213 Å². The van der Waals surface area contributed by atoms with Crippen LogP contribution in [0.5, 0.6) is 23.0 Å². The van der Waals surface area contributed by atoms with Crippen LogP contribution in [0, 0.1) is 0 Å². The van der Waals surface area contributed by atoms with Crippen LogP contribution in [0.25, 0.3) is 11.1 Å². The van der Waals surface area contributed by atoms with Gasteiger partial charge >= 0.3 is 36.2 Å². The van der Waals surface area contributed by atoms with Crippen molar-refractivity contribution >= 4 is 36.2 Å². The fraction of sp³-hybridized carbons (Fsp3) is 0.306. The Labute approximate surface area is 386 Å². The lowest BCUT2D eigenvalue weighted by Gasteiger charge is -2.09.